The van der Waals surface area contributed by atoms with Gasteiger partial charge < -0.3 is 10.2 Å². The van der Waals surface area contributed by atoms with Crippen LogP contribution in [0.4, 0.5) is 0 Å². The number of unbranched alkanes of at least 4 members (excludes halogenated alkanes) is 2. The van der Waals surface area contributed by atoms with E-state index in [0.29, 0.717) is 11.5 Å². The van der Waals surface area contributed by atoms with Crippen LogP contribution in [0.15, 0.2) is 0 Å². The molecule has 0 amide bonds. The van der Waals surface area contributed by atoms with Gasteiger partial charge in [-0.05, 0) is 45.4 Å². The molecular formula is C12H26N2O2S. The number of nitrogens with one attached hydrogen (secondary N) is 1. The zero-order chi connectivity index (χ0) is 12.6. The average molecular weight is 262 g/mol. The molecule has 5 heteroatoms. The lowest BCUT2D eigenvalue weighted by Gasteiger charge is -2.18. The van der Waals surface area contributed by atoms with Gasteiger partial charge in [-0.25, -0.2) is 8.42 Å². The number of nitrogens with zero attached hydrogens (tertiary/aromatic N) is 1. The van der Waals surface area contributed by atoms with E-state index in [4.69, 9.17) is 0 Å². The highest BCUT2D eigenvalue weighted by molar-refractivity contribution is 7.91. The normalized spacial score (nSPS) is 21.2. The van der Waals surface area contributed by atoms with E-state index in [0.717, 1.165) is 39.1 Å². The number of sulfone groups is 1. The van der Waals surface area contributed by atoms with Crippen molar-refractivity contribution < 1.29 is 8.42 Å². The molecule has 17 heavy (non-hydrogen) atoms. The summed E-state index contributed by atoms with van der Waals surface area (Å²) in [5, 5.41) is 3.31. The van der Waals surface area contributed by atoms with E-state index in [1.54, 1.807) is 0 Å². The first kappa shape index (κ1) is 14.9. The zero-order valence-electron chi connectivity index (χ0n) is 11.0. The lowest BCUT2D eigenvalue weighted by Crippen LogP contribution is -2.28. The Bertz CT molecular complexity index is 291. The predicted octanol–water partition coefficient (Wildman–Crippen LogP) is 0.887. The van der Waals surface area contributed by atoms with Crippen LogP contribution in [0, 0.1) is 0 Å². The smallest absolute Gasteiger partial charge is 0.151 e. The summed E-state index contributed by atoms with van der Waals surface area (Å²) < 4.78 is 22.9. The maximum Gasteiger partial charge on any atom is 0.151 e. The number of rotatable bonds is 7. The SMILES string of the molecule is CCNCCCCCN1CCCS(=O)(=O)CC1. The maximum absolute atomic E-state index is 11.4. The summed E-state index contributed by atoms with van der Waals surface area (Å²) in [6.45, 7) is 7.01. The molecule has 1 rings (SSSR count). The van der Waals surface area contributed by atoms with E-state index in [9.17, 15) is 8.42 Å². The molecule has 1 aliphatic rings. The van der Waals surface area contributed by atoms with Gasteiger partial charge in [0.1, 0.15) is 0 Å². The summed E-state index contributed by atoms with van der Waals surface area (Å²) >= 11 is 0. The molecule has 0 bridgehead atoms. The van der Waals surface area contributed by atoms with Crippen LogP contribution in [-0.4, -0.2) is 57.5 Å². The van der Waals surface area contributed by atoms with E-state index in [2.05, 4.69) is 17.1 Å². The van der Waals surface area contributed by atoms with Gasteiger partial charge in [-0.2, -0.15) is 0 Å². The van der Waals surface area contributed by atoms with Crippen molar-refractivity contribution in [2.45, 2.75) is 32.6 Å². The van der Waals surface area contributed by atoms with Gasteiger partial charge in [-0.15, -0.1) is 0 Å². The first-order chi connectivity index (χ1) is 8.14. The predicted molar refractivity (Wildman–Crippen MR) is 72.1 cm³/mol. The number of hydrogen-bond acceptors (Lipinski definition) is 4. The van der Waals surface area contributed by atoms with Crippen molar-refractivity contribution in [2.24, 2.45) is 0 Å². The Morgan fingerprint density at radius 3 is 2.71 bits per heavy atom. The van der Waals surface area contributed by atoms with Gasteiger partial charge in [0.05, 0.1) is 11.5 Å². The molecule has 0 saturated carbocycles. The topological polar surface area (TPSA) is 49.4 Å². The second-order valence-corrected chi connectivity index (χ2v) is 7.06. The summed E-state index contributed by atoms with van der Waals surface area (Å²) in [4.78, 5) is 2.30. The fraction of sp³-hybridized carbons (Fsp3) is 1.00. The Morgan fingerprint density at radius 1 is 1.12 bits per heavy atom. The van der Waals surface area contributed by atoms with Gasteiger partial charge in [0, 0.05) is 6.54 Å². The molecule has 0 aromatic heterocycles. The monoisotopic (exact) mass is 262 g/mol. The fourth-order valence-electron chi connectivity index (χ4n) is 2.15. The molecule has 1 fully saturated rings. The van der Waals surface area contributed by atoms with Crippen LogP contribution in [0.1, 0.15) is 32.6 Å². The highest BCUT2D eigenvalue weighted by Crippen LogP contribution is 2.06. The molecule has 0 aliphatic carbocycles. The first-order valence-electron chi connectivity index (χ1n) is 6.77. The van der Waals surface area contributed by atoms with Gasteiger partial charge >= 0.3 is 0 Å². The largest absolute Gasteiger partial charge is 0.317 e. The van der Waals surface area contributed by atoms with Crippen molar-refractivity contribution in [1.29, 1.82) is 0 Å². The molecular weight excluding hydrogens is 236 g/mol. The Kier molecular flexibility index (Phi) is 7.08. The molecule has 0 aromatic carbocycles. The summed E-state index contributed by atoms with van der Waals surface area (Å²) in [7, 11) is -2.75. The third kappa shape index (κ3) is 7.01. The summed E-state index contributed by atoms with van der Waals surface area (Å²) in [6, 6.07) is 0. The van der Waals surface area contributed by atoms with E-state index in [-0.39, 0.29) is 0 Å². The van der Waals surface area contributed by atoms with Gasteiger partial charge in [0.25, 0.3) is 0 Å². The molecule has 1 heterocycles. The Morgan fingerprint density at radius 2 is 1.94 bits per heavy atom. The molecule has 0 unspecified atom stereocenters. The molecule has 4 nitrogen and oxygen atoms in total. The van der Waals surface area contributed by atoms with Crippen LogP contribution in [0.3, 0.4) is 0 Å². The van der Waals surface area contributed by atoms with Crippen molar-refractivity contribution in [2.75, 3.05) is 44.2 Å². The molecule has 102 valence electrons. The Hall–Kier alpha value is -0.130. The van der Waals surface area contributed by atoms with Crippen molar-refractivity contribution in [1.82, 2.24) is 10.2 Å². The summed E-state index contributed by atoms with van der Waals surface area (Å²) in [5.41, 5.74) is 0. The lowest BCUT2D eigenvalue weighted by atomic mass is 10.2. The maximum atomic E-state index is 11.4. The van der Waals surface area contributed by atoms with Crippen LogP contribution in [0.2, 0.25) is 0 Å². The molecule has 0 radical (unpaired) electrons. The van der Waals surface area contributed by atoms with Crippen LogP contribution in [-0.2, 0) is 9.84 Å². The number of hydrogen-bond donors (Lipinski definition) is 1. The van der Waals surface area contributed by atoms with Crippen molar-refractivity contribution in [3.8, 4) is 0 Å². The summed E-state index contributed by atoms with van der Waals surface area (Å²) in [6.07, 6.45) is 4.45. The molecule has 1 N–H and O–H groups in total. The minimum Gasteiger partial charge on any atom is -0.317 e. The van der Waals surface area contributed by atoms with Gasteiger partial charge in [0.15, 0.2) is 9.84 Å². The highest BCUT2D eigenvalue weighted by atomic mass is 32.2. The third-order valence-electron chi connectivity index (χ3n) is 3.23. The van der Waals surface area contributed by atoms with Crippen molar-refractivity contribution >= 4 is 9.84 Å². The molecule has 0 aromatic rings. The highest BCUT2D eigenvalue weighted by Gasteiger charge is 2.18. The second-order valence-electron chi connectivity index (χ2n) is 4.76. The Balaban J connectivity index is 2.07. The zero-order valence-corrected chi connectivity index (χ0v) is 11.8. The van der Waals surface area contributed by atoms with Gasteiger partial charge in [-0.1, -0.05) is 13.3 Å². The minimum absolute atomic E-state index is 0.352. The minimum atomic E-state index is -2.75. The van der Waals surface area contributed by atoms with E-state index in [1.807, 2.05) is 0 Å². The van der Waals surface area contributed by atoms with E-state index < -0.39 is 9.84 Å². The van der Waals surface area contributed by atoms with Crippen LogP contribution in [0.5, 0.6) is 0 Å². The van der Waals surface area contributed by atoms with E-state index >= 15 is 0 Å². The van der Waals surface area contributed by atoms with Crippen LogP contribution < -0.4 is 5.32 Å². The molecule has 0 atom stereocenters. The van der Waals surface area contributed by atoms with Gasteiger partial charge in [0.2, 0.25) is 0 Å². The standard InChI is InChI=1S/C12H26N2O2S/c1-2-13-7-4-3-5-8-14-9-6-11-17(15,16)12-10-14/h13H,2-12H2,1H3. The summed E-state index contributed by atoms with van der Waals surface area (Å²) in [5.74, 6) is 0.730. The third-order valence-corrected chi connectivity index (χ3v) is 4.94. The first-order valence-corrected chi connectivity index (χ1v) is 8.59. The van der Waals surface area contributed by atoms with Crippen LogP contribution in [0.25, 0.3) is 0 Å². The van der Waals surface area contributed by atoms with Crippen LogP contribution >= 0.6 is 0 Å². The molecule has 1 aliphatic heterocycles. The van der Waals surface area contributed by atoms with Crippen molar-refractivity contribution in [3.05, 3.63) is 0 Å². The Labute approximate surface area is 106 Å². The molecule has 0 spiro atoms. The van der Waals surface area contributed by atoms with Gasteiger partial charge in [-0.3, -0.25) is 0 Å². The quantitative estimate of drug-likeness (QED) is 0.692. The van der Waals surface area contributed by atoms with Crippen molar-refractivity contribution in [3.63, 3.8) is 0 Å². The second kappa shape index (κ2) is 8.06. The lowest BCUT2D eigenvalue weighted by molar-refractivity contribution is 0.287. The molecule has 1 saturated heterocycles. The van der Waals surface area contributed by atoms with E-state index in [1.165, 1.54) is 19.3 Å². The average Bonchev–Trinajstić information content (AvgIpc) is 2.45. The fourth-order valence-corrected chi connectivity index (χ4v) is 3.46.